The first-order valence-corrected chi connectivity index (χ1v) is 7.30. The van der Waals surface area contributed by atoms with E-state index < -0.39 is 5.60 Å². The van der Waals surface area contributed by atoms with E-state index in [9.17, 15) is 4.79 Å². The molecule has 7 heteroatoms. The molecule has 0 radical (unpaired) electrons. The summed E-state index contributed by atoms with van der Waals surface area (Å²) in [6.07, 6.45) is 5.27. The van der Waals surface area contributed by atoms with Gasteiger partial charge in [-0.25, -0.2) is 9.78 Å². The third-order valence-corrected chi connectivity index (χ3v) is 3.00. The minimum Gasteiger partial charge on any atom is -0.455 e. The molecule has 0 unspecified atom stereocenters. The highest BCUT2D eigenvalue weighted by Gasteiger charge is 2.19. The van der Waals surface area contributed by atoms with Crippen LogP contribution in [0.5, 0.6) is 0 Å². The van der Waals surface area contributed by atoms with E-state index in [2.05, 4.69) is 15.2 Å². The largest absolute Gasteiger partial charge is 0.455 e. The molecule has 0 bridgehead atoms. The third-order valence-electron chi connectivity index (χ3n) is 3.00. The Morgan fingerprint density at radius 3 is 2.65 bits per heavy atom. The van der Waals surface area contributed by atoms with Crippen molar-refractivity contribution in [1.29, 1.82) is 0 Å². The van der Waals surface area contributed by atoms with Crippen LogP contribution in [0.2, 0.25) is 0 Å². The number of hydrogen-bond acceptors (Lipinski definition) is 5. The minimum atomic E-state index is -0.481. The van der Waals surface area contributed by atoms with Crippen molar-refractivity contribution < 1.29 is 14.1 Å². The van der Waals surface area contributed by atoms with Gasteiger partial charge in [-0.15, -0.1) is 9.73 Å². The van der Waals surface area contributed by atoms with Crippen molar-refractivity contribution in [1.82, 2.24) is 19.8 Å². The van der Waals surface area contributed by atoms with Crippen LogP contribution in [0.15, 0.2) is 42.9 Å². The number of ether oxygens (including phenoxy) is 1. The first kappa shape index (κ1) is 15.1. The smallest absolute Gasteiger partial charge is 0.373 e. The summed E-state index contributed by atoms with van der Waals surface area (Å²) in [5.74, 6) is 0.318. The van der Waals surface area contributed by atoms with Crippen LogP contribution < -0.4 is 4.57 Å². The molecular formula is C16H18N5O2+. The molecule has 7 nitrogen and oxygen atoms in total. The van der Waals surface area contributed by atoms with Gasteiger partial charge in [0.15, 0.2) is 23.9 Å². The summed E-state index contributed by atoms with van der Waals surface area (Å²) >= 11 is 0. The molecule has 3 aromatic heterocycles. The molecule has 23 heavy (non-hydrogen) atoms. The van der Waals surface area contributed by atoms with Gasteiger partial charge in [0.25, 0.3) is 0 Å². The standard InChI is InChI=1S/C16H18N5O2/c1-16(2,3)23-14(22)11-20-9-6-12(7-10-20)15-18-13-5-4-8-17-21(13)19-15/h4-10H,11H2,1-3H3/q+1. The van der Waals surface area contributed by atoms with Crippen LogP contribution in [0.25, 0.3) is 17.0 Å². The van der Waals surface area contributed by atoms with Crippen molar-refractivity contribution in [3.8, 4) is 11.4 Å². The molecule has 0 amide bonds. The van der Waals surface area contributed by atoms with E-state index in [1.54, 1.807) is 23.2 Å². The van der Waals surface area contributed by atoms with E-state index in [1.165, 1.54) is 4.63 Å². The van der Waals surface area contributed by atoms with Crippen LogP contribution in [0, 0.1) is 0 Å². The molecule has 0 atom stereocenters. The molecule has 3 heterocycles. The number of esters is 1. The van der Waals surface area contributed by atoms with E-state index >= 15 is 0 Å². The van der Waals surface area contributed by atoms with Crippen molar-refractivity contribution in [3.63, 3.8) is 0 Å². The van der Waals surface area contributed by atoms with Gasteiger partial charge < -0.3 is 4.74 Å². The number of fused-ring (bicyclic) bond motifs is 1. The molecule has 0 aliphatic heterocycles. The van der Waals surface area contributed by atoms with E-state index in [0.29, 0.717) is 11.5 Å². The SMILES string of the molecule is CC(C)(C)OC(=O)C[n+]1ccc(-c2nc3cccnn3n2)cc1. The van der Waals surface area contributed by atoms with Gasteiger partial charge in [-0.1, -0.05) is 0 Å². The molecule has 0 fully saturated rings. The van der Waals surface area contributed by atoms with Gasteiger partial charge in [-0.05, 0) is 32.9 Å². The fourth-order valence-corrected chi connectivity index (χ4v) is 2.09. The average Bonchev–Trinajstić information content (AvgIpc) is 2.89. The van der Waals surface area contributed by atoms with E-state index in [1.807, 2.05) is 45.0 Å². The average molecular weight is 312 g/mol. The van der Waals surface area contributed by atoms with E-state index in [-0.39, 0.29) is 12.5 Å². The number of aromatic nitrogens is 5. The van der Waals surface area contributed by atoms with Crippen molar-refractivity contribution in [2.75, 3.05) is 0 Å². The first-order valence-electron chi connectivity index (χ1n) is 7.30. The third kappa shape index (κ3) is 3.68. The molecule has 3 aromatic rings. The molecule has 0 spiro atoms. The van der Waals surface area contributed by atoms with Crippen LogP contribution in [-0.4, -0.2) is 31.4 Å². The van der Waals surface area contributed by atoms with Crippen molar-refractivity contribution >= 4 is 11.6 Å². The number of nitrogens with zero attached hydrogens (tertiary/aromatic N) is 5. The summed E-state index contributed by atoms with van der Waals surface area (Å²) < 4.78 is 8.54. The summed E-state index contributed by atoms with van der Waals surface area (Å²) in [4.78, 5) is 16.2. The summed E-state index contributed by atoms with van der Waals surface area (Å²) in [5, 5.41) is 8.41. The zero-order valence-corrected chi connectivity index (χ0v) is 13.3. The Hall–Kier alpha value is -2.83. The van der Waals surface area contributed by atoms with Gasteiger partial charge in [0.1, 0.15) is 5.60 Å². The second-order valence-corrected chi connectivity index (χ2v) is 6.15. The molecular weight excluding hydrogens is 294 g/mol. The van der Waals surface area contributed by atoms with Crippen LogP contribution in [0.3, 0.4) is 0 Å². The van der Waals surface area contributed by atoms with Gasteiger partial charge in [0.2, 0.25) is 6.54 Å². The predicted molar refractivity (Wildman–Crippen MR) is 82.3 cm³/mol. The van der Waals surface area contributed by atoms with Crippen LogP contribution in [0.1, 0.15) is 20.8 Å². The number of rotatable bonds is 3. The van der Waals surface area contributed by atoms with Gasteiger partial charge in [0, 0.05) is 23.9 Å². The van der Waals surface area contributed by atoms with E-state index in [0.717, 1.165) is 5.56 Å². The molecule has 0 aromatic carbocycles. The monoisotopic (exact) mass is 312 g/mol. The van der Waals surface area contributed by atoms with Gasteiger partial charge in [0.05, 0.1) is 0 Å². The number of carbonyl (C=O) groups is 1. The van der Waals surface area contributed by atoms with E-state index in [4.69, 9.17) is 4.74 Å². The molecule has 118 valence electrons. The molecule has 0 aliphatic rings. The summed E-state index contributed by atoms with van der Waals surface area (Å²) in [5.41, 5.74) is 1.06. The summed E-state index contributed by atoms with van der Waals surface area (Å²) in [6.45, 7) is 5.71. The normalized spacial score (nSPS) is 11.6. The highest BCUT2D eigenvalue weighted by Crippen LogP contribution is 2.13. The van der Waals surface area contributed by atoms with Gasteiger partial charge >= 0.3 is 5.97 Å². The minimum absolute atomic E-state index is 0.164. The zero-order chi connectivity index (χ0) is 16.4. The van der Waals surface area contributed by atoms with Crippen molar-refractivity contribution in [2.45, 2.75) is 32.9 Å². The molecule has 0 saturated heterocycles. The van der Waals surface area contributed by atoms with Crippen molar-refractivity contribution in [2.24, 2.45) is 0 Å². The Bertz CT molecular complexity index is 801. The lowest BCUT2D eigenvalue weighted by atomic mass is 10.2. The number of hydrogen-bond donors (Lipinski definition) is 0. The Kier molecular flexibility index (Phi) is 3.77. The van der Waals surface area contributed by atoms with Crippen LogP contribution in [0.4, 0.5) is 0 Å². The van der Waals surface area contributed by atoms with Gasteiger partial charge in [-0.3, -0.25) is 0 Å². The number of pyridine rings is 1. The second-order valence-electron chi connectivity index (χ2n) is 6.15. The molecule has 3 rings (SSSR count). The Morgan fingerprint density at radius 2 is 2.00 bits per heavy atom. The Morgan fingerprint density at radius 1 is 1.26 bits per heavy atom. The maximum atomic E-state index is 11.8. The zero-order valence-electron chi connectivity index (χ0n) is 13.3. The van der Waals surface area contributed by atoms with Crippen LogP contribution in [-0.2, 0) is 16.1 Å². The fourth-order valence-electron chi connectivity index (χ4n) is 2.09. The number of carbonyl (C=O) groups excluding carboxylic acids is 1. The molecule has 0 N–H and O–H groups in total. The highest BCUT2D eigenvalue weighted by atomic mass is 16.6. The lowest BCUT2D eigenvalue weighted by molar-refractivity contribution is -0.686. The lowest BCUT2D eigenvalue weighted by Gasteiger charge is -2.18. The topological polar surface area (TPSA) is 73.3 Å². The quantitative estimate of drug-likeness (QED) is 0.540. The highest BCUT2D eigenvalue weighted by molar-refractivity contribution is 5.68. The fraction of sp³-hybridized carbons (Fsp3) is 0.312. The first-order chi connectivity index (χ1) is 10.9. The Labute approximate surface area is 133 Å². The summed E-state index contributed by atoms with van der Waals surface area (Å²) in [7, 11) is 0. The predicted octanol–water partition coefficient (Wildman–Crippen LogP) is 1.42. The lowest BCUT2D eigenvalue weighted by Crippen LogP contribution is -2.40. The second kappa shape index (κ2) is 5.75. The van der Waals surface area contributed by atoms with Gasteiger partial charge in [-0.2, -0.15) is 9.67 Å². The van der Waals surface area contributed by atoms with Crippen molar-refractivity contribution in [3.05, 3.63) is 42.9 Å². The van der Waals surface area contributed by atoms with Crippen LogP contribution >= 0.6 is 0 Å². The maximum Gasteiger partial charge on any atom is 0.373 e. The Balaban J connectivity index is 1.75. The molecule has 0 saturated carbocycles. The molecule has 0 aliphatic carbocycles. The maximum absolute atomic E-state index is 11.8. The summed E-state index contributed by atoms with van der Waals surface area (Å²) in [6, 6.07) is 7.38.